The fourth-order valence-corrected chi connectivity index (χ4v) is 1.29. The first-order valence-electron chi connectivity index (χ1n) is 4.88. The number of Topliss-reactive ketones (excluding diaryl/α,β-unsaturated/α-hetero) is 1. The second-order valence-corrected chi connectivity index (χ2v) is 3.30. The van der Waals surface area contributed by atoms with Crippen LogP contribution in [0.1, 0.15) is 31.7 Å². The molecule has 0 atom stereocenters. The summed E-state index contributed by atoms with van der Waals surface area (Å²) < 4.78 is 0. The number of hydrogen-bond acceptors (Lipinski definition) is 1. The van der Waals surface area contributed by atoms with Crippen molar-refractivity contribution >= 4 is 5.78 Å². The van der Waals surface area contributed by atoms with Gasteiger partial charge < -0.3 is 0 Å². The van der Waals surface area contributed by atoms with Crippen LogP contribution in [0.15, 0.2) is 30.3 Å². The Balaban J connectivity index is 2.37. The lowest BCUT2D eigenvalue weighted by molar-refractivity contribution is -0.118. The first-order valence-corrected chi connectivity index (χ1v) is 4.88. The van der Waals surface area contributed by atoms with E-state index in [4.69, 9.17) is 0 Å². The Morgan fingerprint density at radius 1 is 1.23 bits per heavy atom. The molecule has 0 aliphatic heterocycles. The zero-order chi connectivity index (χ0) is 9.52. The van der Waals surface area contributed by atoms with E-state index in [2.05, 4.69) is 6.92 Å². The molecule has 0 aliphatic rings. The highest BCUT2D eigenvalue weighted by Crippen LogP contribution is 2.04. The van der Waals surface area contributed by atoms with E-state index in [0.29, 0.717) is 12.2 Å². The molecule has 0 radical (unpaired) electrons. The predicted octanol–water partition coefficient (Wildman–Crippen LogP) is 2.99. The van der Waals surface area contributed by atoms with Crippen molar-refractivity contribution in [2.24, 2.45) is 0 Å². The summed E-state index contributed by atoms with van der Waals surface area (Å²) >= 11 is 0. The third kappa shape index (κ3) is 3.88. The van der Waals surface area contributed by atoms with E-state index < -0.39 is 0 Å². The van der Waals surface area contributed by atoms with E-state index in [0.717, 1.165) is 24.8 Å². The molecule has 1 rings (SSSR count). The maximum atomic E-state index is 11.4. The molecule has 70 valence electrons. The maximum Gasteiger partial charge on any atom is 0.137 e. The molecule has 1 nitrogen and oxygen atoms in total. The minimum absolute atomic E-state index is 0.355. The van der Waals surface area contributed by atoms with Crippen LogP contribution < -0.4 is 0 Å². The monoisotopic (exact) mass is 176 g/mol. The van der Waals surface area contributed by atoms with E-state index in [1.54, 1.807) is 0 Å². The van der Waals surface area contributed by atoms with Crippen LogP contribution in [-0.4, -0.2) is 5.78 Å². The normalized spacial score (nSPS) is 9.92. The van der Waals surface area contributed by atoms with Gasteiger partial charge in [0, 0.05) is 12.8 Å². The largest absolute Gasteiger partial charge is 0.299 e. The van der Waals surface area contributed by atoms with Crippen LogP contribution >= 0.6 is 0 Å². The Hall–Kier alpha value is -1.11. The van der Waals surface area contributed by atoms with Gasteiger partial charge >= 0.3 is 0 Å². The lowest BCUT2D eigenvalue weighted by Gasteiger charge is -1.99. The van der Waals surface area contributed by atoms with E-state index >= 15 is 0 Å². The fourth-order valence-electron chi connectivity index (χ4n) is 1.29. The van der Waals surface area contributed by atoms with Crippen LogP contribution in [0, 0.1) is 0 Å². The summed E-state index contributed by atoms with van der Waals surface area (Å²) in [5.41, 5.74) is 1.13. The summed E-state index contributed by atoms with van der Waals surface area (Å²) in [6.45, 7) is 2.11. The first-order chi connectivity index (χ1) is 6.33. The van der Waals surface area contributed by atoms with Gasteiger partial charge in [-0.25, -0.2) is 0 Å². The second kappa shape index (κ2) is 5.52. The fraction of sp³-hybridized carbons (Fsp3) is 0.417. The third-order valence-electron chi connectivity index (χ3n) is 2.05. The zero-order valence-corrected chi connectivity index (χ0v) is 8.12. The molecule has 0 bridgehead atoms. The van der Waals surface area contributed by atoms with Gasteiger partial charge in [-0.2, -0.15) is 0 Å². The third-order valence-corrected chi connectivity index (χ3v) is 2.05. The van der Waals surface area contributed by atoms with Crippen LogP contribution in [-0.2, 0) is 11.2 Å². The van der Waals surface area contributed by atoms with E-state index in [1.807, 2.05) is 30.3 Å². The Morgan fingerprint density at radius 2 is 1.92 bits per heavy atom. The number of ketones is 1. The molecule has 0 saturated heterocycles. The lowest BCUT2D eigenvalue weighted by atomic mass is 10.1. The van der Waals surface area contributed by atoms with Crippen LogP contribution in [0.2, 0.25) is 0 Å². The second-order valence-electron chi connectivity index (χ2n) is 3.30. The quantitative estimate of drug-likeness (QED) is 0.674. The summed E-state index contributed by atoms with van der Waals surface area (Å²) in [6, 6.07) is 9.93. The summed E-state index contributed by atoms with van der Waals surface area (Å²) in [5.74, 6) is 0.355. The van der Waals surface area contributed by atoms with Crippen molar-refractivity contribution in [1.29, 1.82) is 0 Å². The number of unbranched alkanes of at least 4 members (excludes halogenated alkanes) is 1. The molecule has 0 fully saturated rings. The van der Waals surface area contributed by atoms with Crippen molar-refractivity contribution in [3.63, 3.8) is 0 Å². The van der Waals surface area contributed by atoms with Gasteiger partial charge in [-0.3, -0.25) is 4.79 Å². The van der Waals surface area contributed by atoms with Gasteiger partial charge in [0.05, 0.1) is 0 Å². The van der Waals surface area contributed by atoms with E-state index in [1.165, 1.54) is 0 Å². The standard InChI is InChI=1S/C12H16O/c1-2-3-9-12(13)10-11-7-5-4-6-8-11/h4-8H,2-3,9-10H2,1H3. The van der Waals surface area contributed by atoms with Crippen molar-refractivity contribution in [2.45, 2.75) is 32.6 Å². The van der Waals surface area contributed by atoms with E-state index in [9.17, 15) is 4.79 Å². The SMILES string of the molecule is CCCCC(=O)Cc1ccccc1. The summed E-state index contributed by atoms with van der Waals surface area (Å²) in [4.78, 5) is 11.4. The molecule has 0 heterocycles. The molecule has 1 heteroatoms. The highest BCUT2D eigenvalue weighted by Gasteiger charge is 2.01. The van der Waals surface area contributed by atoms with E-state index in [-0.39, 0.29) is 0 Å². The minimum Gasteiger partial charge on any atom is -0.299 e. The first kappa shape index (κ1) is 9.97. The van der Waals surface area contributed by atoms with Crippen LogP contribution in [0.3, 0.4) is 0 Å². The summed E-state index contributed by atoms with van der Waals surface area (Å²) in [5, 5.41) is 0. The van der Waals surface area contributed by atoms with Crippen molar-refractivity contribution in [1.82, 2.24) is 0 Å². The molecular formula is C12H16O. The van der Waals surface area contributed by atoms with Gasteiger partial charge in [0.1, 0.15) is 5.78 Å². The molecule has 0 aromatic heterocycles. The average molecular weight is 176 g/mol. The van der Waals surface area contributed by atoms with Gasteiger partial charge in [-0.05, 0) is 12.0 Å². The molecule has 1 aromatic rings. The predicted molar refractivity (Wildman–Crippen MR) is 54.7 cm³/mol. The molecule has 0 aliphatic carbocycles. The van der Waals surface area contributed by atoms with Gasteiger partial charge in [0.25, 0.3) is 0 Å². The topological polar surface area (TPSA) is 17.1 Å². The van der Waals surface area contributed by atoms with Gasteiger partial charge in [0.2, 0.25) is 0 Å². The zero-order valence-electron chi connectivity index (χ0n) is 8.12. The Bertz CT molecular complexity index is 251. The van der Waals surface area contributed by atoms with Gasteiger partial charge in [0.15, 0.2) is 0 Å². The minimum atomic E-state index is 0.355. The molecule has 13 heavy (non-hydrogen) atoms. The number of carbonyl (C=O) groups excluding carboxylic acids is 1. The molecule has 0 unspecified atom stereocenters. The average Bonchev–Trinajstić information content (AvgIpc) is 2.16. The smallest absolute Gasteiger partial charge is 0.137 e. The summed E-state index contributed by atoms with van der Waals surface area (Å²) in [6.07, 6.45) is 3.44. The van der Waals surface area contributed by atoms with Crippen molar-refractivity contribution in [3.05, 3.63) is 35.9 Å². The molecule has 1 aromatic carbocycles. The van der Waals surface area contributed by atoms with Crippen LogP contribution in [0.4, 0.5) is 0 Å². The Kier molecular flexibility index (Phi) is 4.24. The number of carbonyl (C=O) groups is 1. The molecule has 0 N–H and O–H groups in total. The van der Waals surface area contributed by atoms with Crippen molar-refractivity contribution < 1.29 is 4.79 Å². The van der Waals surface area contributed by atoms with Gasteiger partial charge in [-0.15, -0.1) is 0 Å². The maximum absolute atomic E-state index is 11.4. The van der Waals surface area contributed by atoms with Gasteiger partial charge in [-0.1, -0.05) is 43.7 Å². The molecule has 0 spiro atoms. The lowest BCUT2D eigenvalue weighted by Crippen LogP contribution is -2.01. The number of rotatable bonds is 5. The molecular weight excluding hydrogens is 160 g/mol. The molecule has 0 amide bonds. The van der Waals surface area contributed by atoms with Crippen molar-refractivity contribution in [2.75, 3.05) is 0 Å². The van der Waals surface area contributed by atoms with Crippen LogP contribution in [0.25, 0.3) is 0 Å². The van der Waals surface area contributed by atoms with Crippen LogP contribution in [0.5, 0.6) is 0 Å². The Labute approximate surface area is 79.8 Å². The number of benzene rings is 1. The highest BCUT2D eigenvalue weighted by atomic mass is 16.1. The number of hydrogen-bond donors (Lipinski definition) is 0. The summed E-state index contributed by atoms with van der Waals surface area (Å²) in [7, 11) is 0. The highest BCUT2D eigenvalue weighted by molar-refractivity contribution is 5.80. The van der Waals surface area contributed by atoms with Crippen molar-refractivity contribution in [3.8, 4) is 0 Å². The Morgan fingerprint density at radius 3 is 2.54 bits per heavy atom. The molecule has 0 saturated carbocycles.